The fourth-order valence-corrected chi connectivity index (χ4v) is 2.51. The fraction of sp³-hybridized carbons (Fsp3) is 0.462. The van der Waals surface area contributed by atoms with Crippen LogP contribution >= 0.6 is 15.9 Å². The van der Waals surface area contributed by atoms with Gasteiger partial charge in [0.15, 0.2) is 0 Å². The third kappa shape index (κ3) is 4.32. The summed E-state index contributed by atoms with van der Waals surface area (Å²) in [6, 6.07) is 4.12. The van der Waals surface area contributed by atoms with Crippen molar-refractivity contribution in [3.8, 4) is 5.75 Å². The molecule has 0 aromatic heterocycles. The van der Waals surface area contributed by atoms with E-state index < -0.39 is 11.0 Å². The molecule has 2 rings (SSSR count). The first kappa shape index (κ1) is 15.6. The molecule has 1 fully saturated rings. The van der Waals surface area contributed by atoms with Crippen LogP contribution in [0.25, 0.3) is 0 Å². The molecular weight excluding hydrogens is 344 g/mol. The number of nitro groups is 1. The van der Waals surface area contributed by atoms with Crippen molar-refractivity contribution in [2.45, 2.75) is 19.3 Å². The van der Waals surface area contributed by atoms with Gasteiger partial charge < -0.3 is 14.4 Å². The Morgan fingerprint density at radius 2 is 2.05 bits per heavy atom. The number of ether oxygens (including phenoxy) is 2. The number of hydrogen-bond acceptors (Lipinski definition) is 5. The topological polar surface area (TPSA) is 81.9 Å². The van der Waals surface area contributed by atoms with Crippen LogP contribution in [-0.4, -0.2) is 35.8 Å². The number of piperidine rings is 1. The van der Waals surface area contributed by atoms with E-state index in [1.807, 2.05) is 0 Å². The Kier molecular flexibility index (Phi) is 5.38. The highest BCUT2D eigenvalue weighted by Gasteiger charge is 2.18. The molecule has 114 valence electrons. The van der Waals surface area contributed by atoms with E-state index in [0.29, 0.717) is 23.3 Å². The van der Waals surface area contributed by atoms with E-state index in [-0.39, 0.29) is 12.5 Å². The monoisotopic (exact) mass is 358 g/mol. The van der Waals surface area contributed by atoms with Gasteiger partial charge >= 0.3 is 6.09 Å². The van der Waals surface area contributed by atoms with Crippen LogP contribution in [0.2, 0.25) is 0 Å². The number of non-ortho nitro benzene ring substituents is 1. The second-order valence-electron chi connectivity index (χ2n) is 4.59. The molecule has 1 saturated heterocycles. The first-order valence-corrected chi connectivity index (χ1v) is 7.35. The molecule has 0 saturated carbocycles. The Bertz CT molecular complexity index is 531. The first-order valence-electron chi connectivity index (χ1n) is 6.56. The quantitative estimate of drug-likeness (QED) is 0.468. The van der Waals surface area contributed by atoms with Crippen LogP contribution in [0.1, 0.15) is 19.3 Å². The molecule has 0 atom stereocenters. The molecule has 0 N–H and O–H groups in total. The molecule has 0 bridgehead atoms. The maximum atomic E-state index is 11.7. The molecule has 0 aliphatic carbocycles. The van der Waals surface area contributed by atoms with Crippen LogP contribution in [0, 0.1) is 10.1 Å². The lowest BCUT2D eigenvalue weighted by molar-refractivity contribution is -0.385. The van der Waals surface area contributed by atoms with Gasteiger partial charge in [0.25, 0.3) is 5.69 Å². The van der Waals surface area contributed by atoms with E-state index >= 15 is 0 Å². The summed E-state index contributed by atoms with van der Waals surface area (Å²) in [7, 11) is 0. The van der Waals surface area contributed by atoms with Crippen LogP contribution in [0.3, 0.4) is 0 Å². The third-order valence-corrected chi connectivity index (χ3v) is 3.76. The number of carbonyl (C=O) groups excluding carboxylic acids is 1. The minimum atomic E-state index is -0.495. The van der Waals surface area contributed by atoms with Crippen LogP contribution in [0.15, 0.2) is 22.7 Å². The summed E-state index contributed by atoms with van der Waals surface area (Å²) in [5, 5.41) is 10.6. The SMILES string of the molecule is O=C(OCOc1ccc([N+](=O)[O-])cc1Br)N1CCCCC1. The van der Waals surface area contributed by atoms with Crippen LogP contribution < -0.4 is 4.74 Å². The van der Waals surface area contributed by atoms with Gasteiger partial charge in [-0.1, -0.05) is 0 Å². The molecule has 7 nitrogen and oxygen atoms in total. The number of nitrogens with zero attached hydrogens (tertiary/aromatic N) is 2. The maximum Gasteiger partial charge on any atom is 0.412 e. The molecule has 0 unspecified atom stereocenters. The summed E-state index contributed by atoms with van der Waals surface area (Å²) < 4.78 is 10.8. The lowest BCUT2D eigenvalue weighted by Crippen LogP contribution is -2.36. The highest BCUT2D eigenvalue weighted by Crippen LogP contribution is 2.29. The minimum Gasteiger partial charge on any atom is -0.456 e. The number of rotatable bonds is 4. The molecule has 8 heteroatoms. The second-order valence-corrected chi connectivity index (χ2v) is 5.45. The normalized spacial score (nSPS) is 14.6. The summed E-state index contributed by atoms with van der Waals surface area (Å²) >= 11 is 3.18. The van der Waals surface area contributed by atoms with Gasteiger partial charge in [-0.2, -0.15) is 0 Å². The lowest BCUT2D eigenvalue weighted by atomic mass is 10.1. The van der Waals surface area contributed by atoms with Crippen LogP contribution in [0.4, 0.5) is 10.5 Å². The zero-order valence-corrected chi connectivity index (χ0v) is 12.9. The summed E-state index contributed by atoms with van der Waals surface area (Å²) in [5.74, 6) is 0.382. The molecule has 0 spiro atoms. The largest absolute Gasteiger partial charge is 0.456 e. The van der Waals surface area contributed by atoms with Crippen molar-refractivity contribution in [1.82, 2.24) is 4.90 Å². The molecule has 1 aliphatic heterocycles. The lowest BCUT2D eigenvalue weighted by Gasteiger charge is -2.25. The molecule has 1 aliphatic rings. The Hall–Kier alpha value is -1.83. The number of benzene rings is 1. The van der Waals surface area contributed by atoms with Crippen molar-refractivity contribution in [1.29, 1.82) is 0 Å². The molecule has 1 aromatic carbocycles. The van der Waals surface area contributed by atoms with E-state index in [1.165, 1.54) is 18.2 Å². The third-order valence-electron chi connectivity index (χ3n) is 3.14. The highest BCUT2D eigenvalue weighted by atomic mass is 79.9. The molecule has 1 heterocycles. The van der Waals surface area contributed by atoms with E-state index in [9.17, 15) is 14.9 Å². The minimum absolute atomic E-state index is 0.0421. The van der Waals surface area contributed by atoms with Crippen molar-refractivity contribution in [3.05, 3.63) is 32.8 Å². The van der Waals surface area contributed by atoms with Gasteiger partial charge in [-0.05, 0) is 41.3 Å². The second kappa shape index (κ2) is 7.26. The van der Waals surface area contributed by atoms with Crippen molar-refractivity contribution in [2.75, 3.05) is 19.9 Å². The first-order chi connectivity index (χ1) is 10.1. The smallest absolute Gasteiger partial charge is 0.412 e. The van der Waals surface area contributed by atoms with E-state index in [0.717, 1.165) is 19.3 Å². The van der Waals surface area contributed by atoms with E-state index in [4.69, 9.17) is 9.47 Å². The Morgan fingerprint density at radius 3 is 2.67 bits per heavy atom. The maximum absolute atomic E-state index is 11.7. The molecular formula is C13H15BrN2O5. The van der Waals surface area contributed by atoms with Crippen molar-refractivity contribution in [3.63, 3.8) is 0 Å². The van der Waals surface area contributed by atoms with Gasteiger partial charge in [0.2, 0.25) is 6.79 Å². The van der Waals surface area contributed by atoms with Gasteiger partial charge in [0, 0.05) is 25.2 Å². The van der Waals surface area contributed by atoms with Gasteiger partial charge in [0.05, 0.1) is 9.40 Å². The predicted molar refractivity (Wildman–Crippen MR) is 78.2 cm³/mol. The molecule has 0 radical (unpaired) electrons. The van der Waals surface area contributed by atoms with Crippen molar-refractivity contribution < 1.29 is 19.2 Å². The zero-order chi connectivity index (χ0) is 15.2. The van der Waals surface area contributed by atoms with Gasteiger partial charge in [-0.3, -0.25) is 10.1 Å². The number of halogens is 1. The number of carbonyl (C=O) groups is 1. The van der Waals surface area contributed by atoms with Crippen LogP contribution in [-0.2, 0) is 4.74 Å². The molecule has 21 heavy (non-hydrogen) atoms. The van der Waals surface area contributed by atoms with Crippen molar-refractivity contribution >= 4 is 27.7 Å². The summed E-state index contributed by atoms with van der Waals surface area (Å²) in [6.07, 6.45) is 2.72. The summed E-state index contributed by atoms with van der Waals surface area (Å²) in [4.78, 5) is 23.5. The summed E-state index contributed by atoms with van der Waals surface area (Å²) in [5.41, 5.74) is -0.0421. The summed E-state index contributed by atoms with van der Waals surface area (Å²) in [6.45, 7) is 1.19. The number of amides is 1. The van der Waals surface area contributed by atoms with Crippen molar-refractivity contribution in [2.24, 2.45) is 0 Å². The van der Waals surface area contributed by atoms with Crippen LogP contribution in [0.5, 0.6) is 5.75 Å². The van der Waals surface area contributed by atoms with E-state index in [1.54, 1.807) is 4.90 Å². The molecule has 1 aromatic rings. The van der Waals surface area contributed by atoms with Gasteiger partial charge in [0.1, 0.15) is 5.75 Å². The predicted octanol–water partition coefficient (Wildman–Crippen LogP) is 3.32. The molecule has 1 amide bonds. The Morgan fingerprint density at radius 1 is 1.33 bits per heavy atom. The number of hydrogen-bond donors (Lipinski definition) is 0. The standard InChI is InChI=1S/C13H15BrN2O5/c14-11-8-10(16(18)19)4-5-12(11)20-9-21-13(17)15-6-2-1-3-7-15/h4-5,8H,1-3,6-7,9H2. The Labute approximate surface area is 130 Å². The van der Waals surface area contributed by atoms with Gasteiger partial charge in [-0.15, -0.1) is 0 Å². The average molecular weight is 359 g/mol. The zero-order valence-electron chi connectivity index (χ0n) is 11.3. The number of likely N-dealkylation sites (tertiary alicyclic amines) is 1. The van der Waals surface area contributed by atoms with E-state index in [2.05, 4.69) is 15.9 Å². The average Bonchev–Trinajstić information content (AvgIpc) is 2.49. The number of nitro benzene ring substituents is 1. The highest BCUT2D eigenvalue weighted by molar-refractivity contribution is 9.10. The fourth-order valence-electron chi connectivity index (χ4n) is 2.03. The van der Waals surface area contributed by atoms with Gasteiger partial charge in [-0.25, -0.2) is 4.79 Å². The Balaban J connectivity index is 1.83.